The molecule has 3 rings (SSSR count). The van der Waals surface area contributed by atoms with Crippen LogP contribution in [-0.4, -0.2) is 43.0 Å². The van der Waals surface area contributed by atoms with Gasteiger partial charge in [-0.1, -0.05) is 18.2 Å². The summed E-state index contributed by atoms with van der Waals surface area (Å²) >= 11 is 0. The molecule has 29 heavy (non-hydrogen) atoms. The lowest BCUT2D eigenvalue weighted by Crippen LogP contribution is -2.46. The third-order valence-electron chi connectivity index (χ3n) is 4.91. The second-order valence-electron chi connectivity index (χ2n) is 6.82. The number of nitrogens with zero attached hydrogens (tertiary/aromatic N) is 1. The monoisotopic (exact) mass is 406 g/mol. The molecule has 2 aromatic carbocycles. The van der Waals surface area contributed by atoms with Crippen molar-refractivity contribution in [3.8, 4) is 5.75 Å². The zero-order valence-corrected chi connectivity index (χ0v) is 15.8. The molecule has 0 bridgehead atoms. The number of methoxy groups -OCH3 is 1. The number of carbonyl (C=O) groups excluding carboxylic acids is 2. The Balaban J connectivity index is 1.60. The van der Waals surface area contributed by atoms with E-state index in [2.05, 4.69) is 5.32 Å². The summed E-state index contributed by atoms with van der Waals surface area (Å²) in [6.45, 7) is 0.809. The normalized spacial score (nSPS) is 15.1. The molecule has 0 radical (unpaired) electrons. The molecule has 0 saturated carbocycles. The molecule has 8 heteroatoms. The molecular formula is C21H21F3N2O3. The second kappa shape index (κ2) is 8.55. The Kier molecular flexibility index (Phi) is 6.10. The number of nitrogens with one attached hydrogen (secondary N) is 1. The molecule has 1 aliphatic heterocycles. The van der Waals surface area contributed by atoms with Crippen molar-refractivity contribution in [3.05, 3.63) is 65.2 Å². The Hall–Kier alpha value is -3.03. The van der Waals surface area contributed by atoms with E-state index < -0.39 is 23.2 Å². The van der Waals surface area contributed by atoms with Crippen LogP contribution in [0.3, 0.4) is 0 Å². The fraction of sp³-hybridized carbons (Fsp3) is 0.333. The van der Waals surface area contributed by atoms with Gasteiger partial charge in [0, 0.05) is 24.7 Å². The van der Waals surface area contributed by atoms with Crippen molar-refractivity contribution < 1.29 is 27.5 Å². The lowest BCUT2D eigenvalue weighted by molar-refractivity contribution is -0.137. The van der Waals surface area contributed by atoms with Crippen LogP contribution in [0, 0.1) is 0 Å². The minimum atomic E-state index is -4.60. The third kappa shape index (κ3) is 4.88. The number of piperidine rings is 1. The summed E-state index contributed by atoms with van der Waals surface area (Å²) in [5.41, 5.74) is -0.844. The molecule has 5 nitrogen and oxygen atoms in total. The van der Waals surface area contributed by atoms with E-state index in [4.69, 9.17) is 4.74 Å². The average molecular weight is 406 g/mol. The van der Waals surface area contributed by atoms with Crippen LogP contribution in [-0.2, 0) is 6.18 Å². The van der Waals surface area contributed by atoms with Gasteiger partial charge >= 0.3 is 6.18 Å². The van der Waals surface area contributed by atoms with E-state index >= 15 is 0 Å². The molecule has 0 spiro atoms. The highest BCUT2D eigenvalue weighted by atomic mass is 19.4. The van der Waals surface area contributed by atoms with Gasteiger partial charge in [0.1, 0.15) is 5.75 Å². The van der Waals surface area contributed by atoms with Crippen molar-refractivity contribution in [1.29, 1.82) is 0 Å². The van der Waals surface area contributed by atoms with Gasteiger partial charge in [-0.3, -0.25) is 9.59 Å². The number of alkyl halides is 3. The highest BCUT2D eigenvalue weighted by Crippen LogP contribution is 2.32. The molecular weight excluding hydrogens is 385 g/mol. The van der Waals surface area contributed by atoms with Crippen LogP contribution in [0.5, 0.6) is 5.75 Å². The summed E-state index contributed by atoms with van der Waals surface area (Å²) in [7, 11) is 1.52. The Labute approximate surface area is 166 Å². The molecule has 1 saturated heterocycles. The second-order valence-corrected chi connectivity index (χ2v) is 6.82. The molecule has 0 unspecified atom stereocenters. The maximum Gasteiger partial charge on any atom is 0.417 e. The number of benzene rings is 2. The van der Waals surface area contributed by atoms with Crippen LogP contribution < -0.4 is 10.1 Å². The first-order valence-electron chi connectivity index (χ1n) is 9.20. The number of carbonyl (C=O) groups is 2. The van der Waals surface area contributed by atoms with E-state index in [1.807, 2.05) is 0 Å². The lowest BCUT2D eigenvalue weighted by Gasteiger charge is -2.32. The van der Waals surface area contributed by atoms with Crippen molar-refractivity contribution in [2.24, 2.45) is 0 Å². The largest absolute Gasteiger partial charge is 0.497 e. The molecule has 1 N–H and O–H groups in total. The molecule has 2 aromatic rings. The summed E-state index contributed by atoms with van der Waals surface area (Å²) in [6.07, 6.45) is -3.66. The molecule has 2 amide bonds. The zero-order valence-electron chi connectivity index (χ0n) is 15.8. The number of rotatable bonds is 4. The predicted molar refractivity (Wildman–Crippen MR) is 101 cm³/mol. The number of hydrogen-bond donors (Lipinski definition) is 1. The van der Waals surface area contributed by atoms with E-state index in [0.29, 0.717) is 37.2 Å². The van der Waals surface area contributed by atoms with Crippen LogP contribution in [0.4, 0.5) is 13.2 Å². The molecule has 1 aliphatic rings. The van der Waals surface area contributed by atoms with Crippen LogP contribution in [0.25, 0.3) is 0 Å². The van der Waals surface area contributed by atoms with Crippen LogP contribution in [0.2, 0.25) is 0 Å². The first-order chi connectivity index (χ1) is 13.8. The Bertz CT molecular complexity index is 891. The van der Waals surface area contributed by atoms with Gasteiger partial charge in [-0.15, -0.1) is 0 Å². The van der Waals surface area contributed by atoms with Gasteiger partial charge in [0.05, 0.1) is 18.2 Å². The summed E-state index contributed by atoms with van der Waals surface area (Å²) in [6, 6.07) is 11.3. The van der Waals surface area contributed by atoms with Crippen molar-refractivity contribution in [2.45, 2.75) is 25.1 Å². The quantitative estimate of drug-likeness (QED) is 0.842. The maximum absolute atomic E-state index is 13.1. The smallest absolute Gasteiger partial charge is 0.417 e. The zero-order chi connectivity index (χ0) is 21.0. The molecule has 1 fully saturated rings. The van der Waals surface area contributed by atoms with Gasteiger partial charge in [-0.05, 0) is 43.2 Å². The summed E-state index contributed by atoms with van der Waals surface area (Å²) in [5, 5.41) is 2.67. The number of likely N-dealkylation sites (tertiary alicyclic amines) is 1. The topological polar surface area (TPSA) is 58.6 Å². The molecule has 0 aromatic heterocycles. The van der Waals surface area contributed by atoms with Crippen molar-refractivity contribution >= 4 is 11.8 Å². The number of ether oxygens (including phenoxy) is 1. The van der Waals surface area contributed by atoms with E-state index in [9.17, 15) is 22.8 Å². The predicted octanol–water partition coefficient (Wildman–Crippen LogP) is 3.75. The SMILES string of the molecule is COc1cccc(C(=O)N2CCC(NC(=O)c3ccccc3C(F)(F)F)CC2)c1. The highest BCUT2D eigenvalue weighted by Gasteiger charge is 2.35. The van der Waals surface area contributed by atoms with E-state index in [1.165, 1.54) is 25.3 Å². The molecule has 1 heterocycles. The fourth-order valence-electron chi connectivity index (χ4n) is 3.36. The van der Waals surface area contributed by atoms with E-state index in [-0.39, 0.29) is 11.9 Å². The van der Waals surface area contributed by atoms with Crippen molar-refractivity contribution in [1.82, 2.24) is 10.2 Å². The molecule has 154 valence electrons. The third-order valence-corrected chi connectivity index (χ3v) is 4.91. The van der Waals surface area contributed by atoms with E-state index in [0.717, 1.165) is 6.07 Å². The maximum atomic E-state index is 13.1. The number of halogens is 3. The van der Waals surface area contributed by atoms with Gasteiger partial charge in [-0.2, -0.15) is 13.2 Å². The van der Waals surface area contributed by atoms with Crippen LogP contribution >= 0.6 is 0 Å². The Morgan fingerprint density at radius 1 is 1.07 bits per heavy atom. The first kappa shape index (κ1) is 20.7. The minimum Gasteiger partial charge on any atom is -0.497 e. The Morgan fingerprint density at radius 2 is 1.76 bits per heavy atom. The molecule has 0 aliphatic carbocycles. The lowest BCUT2D eigenvalue weighted by atomic mass is 10.0. The van der Waals surface area contributed by atoms with Gasteiger partial charge in [0.25, 0.3) is 11.8 Å². The summed E-state index contributed by atoms with van der Waals surface area (Å²) in [5.74, 6) is -0.312. The van der Waals surface area contributed by atoms with Crippen molar-refractivity contribution in [2.75, 3.05) is 20.2 Å². The van der Waals surface area contributed by atoms with Crippen LogP contribution in [0.15, 0.2) is 48.5 Å². The standard InChI is InChI=1S/C21H21F3N2O3/c1-29-16-6-4-5-14(13-16)20(28)26-11-9-15(10-12-26)25-19(27)17-7-2-3-8-18(17)21(22,23)24/h2-8,13,15H,9-12H2,1H3,(H,25,27). The average Bonchev–Trinajstić information content (AvgIpc) is 2.73. The molecule has 0 atom stereocenters. The number of hydrogen-bond acceptors (Lipinski definition) is 3. The summed E-state index contributed by atoms with van der Waals surface area (Å²) < 4.78 is 44.5. The fourth-order valence-corrected chi connectivity index (χ4v) is 3.36. The summed E-state index contributed by atoms with van der Waals surface area (Å²) in [4.78, 5) is 26.7. The van der Waals surface area contributed by atoms with Crippen LogP contribution in [0.1, 0.15) is 39.1 Å². The van der Waals surface area contributed by atoms with Gasteiger partial charge in [-0.25, -0.2) is 0 Å². The van der Waals surface area contributed by atoms with Gasteiger partial charge in [0.15, 0.2) is 0 Å². The Morgan fingerprint density at radius 3 is 2.41 bits per heavy atom. The minimum absolute atomic E-state index is 0.143. The van der Waals surface area contributed by atoms with Crippen molar-refractivity contribution in [3.63, 3.8) is 0 Å². The van der Waals surface area contributed by atoms with E-state index in [1.54, 1.807) is 29.2 Å². The number of amides is 2. The van der Waals surface area contributed by atoms with Gasteiger partial charge < -0.3 is 15.0 Å². The van der Waals surface area contributed by atoms with Gasteiger partial charge in [0.2, 0.25) is 0 Å². The first-order valence-corrected chi connectivity index (χ1v) is 9.20. The highest BCUT2D eigenvalue weighted by molar-refractivity contribution is 5.96.